The highest BCUT2D eigenvalue weighted by atomic mass is 33.1. The molecule has 2 saturated heterocycles. The number of amides is 7. The van der Waals surface area contributed by atoms with Crippen LogP contribution in [0.4, 0.5) is 0 Å². The number of carbonyl (C=O) groups is 7. The fourth-order valence-electron chi connectivity index (χ4n) is 5.87. The lowest BCUT2D eigenvalue weighted by Crippen LogP contribution is -2.61. The summed E-state index contributed by atoms with van der Waals surface area (Å²) in [5.74, 6) is -6.26. The van der Waals surface area contributed by atoms with Gasteiger partial charge in [0.1, 0.15) is 54.3 Å². The number of primary amides is 1. The Kier molecular flexibility index (Phi) is 19.0. The number of hydrogen-bond donors (Lipinski definition) is 13. The Labute approximate surface area is 357 Å². The zero-order chi connectivity index (χ0) is 44.6. The molecule has 2 heterocycles. The van der Waals surface area contributed by atoms with Gasteiger partial charge in [-0.3, -0.25) is 33.6 Å². The molecule has 61 heavy (non-hydrogen) atoms. The van der Waals surface area contributed by atoms with Crippen molar-refractivity contribution in [3.8, 4) is 5.75 Å². The zero-order valence-corrected chi connectivity index (χ0v) is 34.1. The molecule has 0 saturated carbocycles. The molecule has 0 aliphatic carbocycles. The Morgan fingerprint density at radius 1 is 0.885 bits per heavy atom. The second-order valence-electron chi connectivity index (χ2n) is 14.0. The molecule has 334 valence electrons. The van der Waals surface area contributed by atoms with Gasteiger partial charge < -0.3 is 78.4 Å². The first kappa shape index (κ1) is 48.6. The maximum Gasteiger partial charge on any atom is 0.245 e. The van der Waals surface area contributed by atoms with E-state index in [1.54, 1.807) is 42.5 Å². The third kappa shape index (κ3) is 15.1. The van der Waals surface area contributed by atoms with E-state index in [-0.39, 0.29) is 30.1 Å². The van der Waals surface area contributed by atoms with Crippen molar-refractivity contribution in [2.24, 2.45) is 11.5 Å². The van der Waals surface area contributed by atoms with Gasteiger partial charge in [-0.05, 0) is 29.7 Å². The van der Waals surface area contributed by atoms with Crippen molar-refractivity contribution >= 4 is 62.9 Å². The Bertz CT molecular complexity index is 1830. The van der Waals surface area contributed by atoms with Crippen LogP contribution in [-0.4, -0.2) is 166 Å². The van der Waals surface area contributed by atoms with Crippen LogP contribution in [0.5, 0.6) is 5.75 Å². The summed E-state index contributed by atoms with van der Waals surface area (Å²) in [7, 11) is 2.03. The van der Waals surface area contributed by atoms with Gasteiger partial charge in [0.25, 0.3) is 0 Å². The lowest BCUT2D eigenvalue weighted by Gasteiger charge is -2.40. The smallest absolute Gasteiger partial charge is 0.245 e. The van der Waals surface area contributed by atoms with Crippen molar-refractivity contribution in [1.29, 1.82) is 0 Å². The van der Waals surface area contributed by atoms with E-state index in [1.165, 1.54) is 12.1 Å². The number of nitrogens with one attached hydrogen (secondary N) is 6. The van der Waals surface area contributed by atoms with Gasteiger partial charge in [0.15, 0.2) is 6.29 Å². The van der Waals surface area contributed by atoms with Crippen molar-refractivity contribution in [3.05, 3.63) is 65.7 Å². The summed E-state index contributed by atoms with van der Waals surface area (Å²) in [6, 6.07) is 7.85. The molecule has 0 spiro atoms. The minimum absolute atomic E-state index is 0.0220. The highest BCUT2D eigenvalue weighted by Crippen LogP contribution is 2.25. The Hall–Kier alpha value is -5.05. The van der Waals surface area contributed by atoms with E-state index >= 15 is 0 Å². The minimum atomic E-state index is -1.86. The number of phenolic OH excluding ortho intramolecular Hbond substituents is 1. The van der Waals surface area contributed by atoms with E-state index in [2.05, 4.69) is 31.9 Å². The van der Waals surface area contributed by atoms with Crippen molar-refractivity contribution < 1.29 is 68.6 Å². The van der Waals surface area contributed by atoms with E-state index in [1.807, 2.05) is 0 Å². The van der Waals surface area contributed by atoms with Crippen molar-refractivity contribution in [3.63, 3.8) is 0 Å². The highest BCUT2D eigenvalue weighted by molar-refractivity contribution is 8.76. The maximum atomic E-state index is 14.0. The zero-order valence-electron chi connectivity index (χ0n) is 32.5. The van der Waals surface area contributed by atoms with Crippen LogP contribution in [0.15, 0.2) is 54.6 Å². The predicted octanol–water partition coefficient (Wildman–Crippen LogP) is -5.63. The number of nitrogens with two attached hydrogens (primary N) is 2. The van der Waals surface area contributed by atoms with Crippen LogP contribution < -0.4 is 43.4 Å². The first-order valence-electron chi connectivity index (χ1n) is 18.8. The molecule has 22 nitrogen and oxygen atoms in total. The summed E-state index contributed by atoms with van der Waals surface area (Å²) in [6.07, 6.45) is -8.46. The number of phenols is 1. The van der Waals surface area contributed by atoms with E-state index in [0.717, 1.165) is 21.6 Å². The second-order valence-corrected chi connectivity index (χ2v) is 16.5. The summed E-state index contributed by atoms with van der Waals surface area (Å²) in [5, 5.41) is 64.7. The Morgan fingerprint density at radius 2 is 1.57 bits per heavy atom. The number of ether oxygens (including phenoxy) is 2. The first-order chi connectivity index (χ1) is 29.1. The van der Waals surface area contributed by atoms with E-state index in [9.17, 15) is 59.1 Å². The molecule has 2 aliphatic heterocycles. The number of carbonyl (C=O) groups excluding carboxylic acids is 7. The van der Waals surface area contributed by atoms with Crippen LogP contribution in [-0.2, 0) is 55.9 Å². The SMILES string of the molecule is NC(=O)CNC(=O)[C@H](CO[C@H]1O[C@H](CO)[C@@H](O)[C@H](O)[C@@H]1O)NC(=O)[C@H]1CSSC[C@@H](NC(=O)[C@@H](N)Cc2ccc(O)cc2)C(=O)NCC(=O)N[C@@H](Cc2ccccc2)C(=O)N1. The van der Waals surface area contributed by atoms with E-state index in [4.69, 9.17) is 20.9 Å². The van der Waals surface area contributed by atoms with Gasteiger partial charge in [0.2, 0.25) is 41.4 Å². The highest BCUT2D eigenvalue weighted by Gasteiger charge is 2.44. The number of benzene rings is 2. The molecule has 0 radical (unpaired) electrons. The summed E-state index contributed by atoms with van der Waals surface area (Å²) in [6.45, 7) is -2.81. The third-order valence-corrected chi connectivity index (χ3v) is 11.7. The number of rotatable bonds is 15. The number of aromatic hydroxyl groups is 1. The summed E-state index contributed by atoms with van der Waals surface area (Å²) in [4.78, 5) is 92.2. The fraction of sp³-hybridized carbons (Fsp3) is 0.486. The van der Waals surface area contributed by atoms with Crippen molar-refractivity contribution in [1.82, 2.24) is 31.9 Å². The molecule has 2 aliphatic rings. The summed E-state index contributed by atoms with van der Waals surface area (Å²) >= 11 is 0. The van der Waals surface area contributed by atoms with Crippen LogP contribution in [0, 0.1) is 0 Å². The number of hydrogen-bond acceptors (Lipinski definition) is 17. The second kappa shape index (κ2) is 23.8. The molecule has 7 amide bonds. The molecule has 0 unspecified atom stereocenters. The van der Waals surface area contributed by atoms with Gasteiger partial charge in [-0.15, -0.1) is 0 Å². The Balaban J connectivity index is 1.55. The largest absolute Gasteiger partial charge is 0.508 e. The molecule has 0 bridgehead atoms. The Morgan fingerprint density at radius 3 is 2.25 bits per heavy atom. The van der Waals surface area contributed by atoms with Crippen molar-refractivity contribution in [2.45, 2.75) is 73.8 Å². The van der Waals surface area contributed by atoms with Crippen LogP contribution >= 0.6 is 21.6 Å². The third-order valence-electron chi connectivity index (χ3n) is 9.25. The topological polar surface area (TPSA) is 363 Å². The van der Waals surface area contributed by atoms with Gasteiger partial charge >= 0.3 is 0 Å². The average molecular weight is 895 g/mol. The van der Waals surface area contributed by atoms with Gasteiger partial charge in [-0.2, -0.15) is 0 Å². The van der Waals surface area contributed by atoms with Gasteiger partial charge in [0, 0.05) is 17.9 Å². The summed E-state index contributed by atoms with van der Waals surface area (Å²) < 4.78 is 10.8. The van der Waals surface area contributed by atoms with Gasteiger partial charge in [0.05, 0.1) is 32.3 Å². The standard InChI is InChI=1S/C37H50N8O14S2/c38-21(10-19-6-8-20(47)9-7-19)32(53)44-24-16-60-61-17-25(45-35(56)22(11-18-4-2-1-3-5-18)42-28(49)13-41-34(24)55)36(57)43-23(33(54)40-12-27(39)48)15-58-37-31(52)30(51)29(50)26(14-46)59-37/h1-9,21-26,29-31,37,46-47,50-52H,10-17,38H2,(H2,39,48)(H,40,54)(H,41,55)(H,42,49)(H,43,57)(H,44,53)(H,45,56)/t21-,22-,23-,24+,25+,26+,29+,30-,31-,37-/m0/s1. The van der Waals surface area contributed by atoms with Crippen molar-refractivity contribution in [2.75, 3.05) is 37.8 Å². The fourth-order valence-corrected chi connectivity index (χ4v) is 8.20. The average Bonchev–Trinajstić information content (AvgIpc) is 3.24. The van der Waals surface area contributed by atoms with Crippen LogP contribution in [0.3, 0.4) is 0 Å². The van der Waals surface area contributed by atoms with E-state index < -0.39 is 129 Å². The quantitative estimate of drug-likeness (QED) is 0.0741. The molecule has 10 atom stereocenters. The minimum Gasteiger partial charge on any atom is -0.508 e. The molecule has 0 aromatic heterocycles. The monoisotopic (exact) mass is 894 g/mol. The lowest BCUT2D eigenvalue weighted by atomic mass is 9.99. The molecular formula is C37H50N8O14S2. The maximum absolute atomic E-state index is 14.0. The number of aliphatic hydroxyl groups is 4. The van der Waals surface area contributed by atoms with E-state index in [0.29, 0.717) is 11.1 Å². The summed E-state index contributed by atoms with van der Waals surface area (Å²) in [5.41, 5.74) is 12.6. The van der Waals surface area contributed by atoms with Crippen LogP contribution in [0.1, 0.15) is 11.1 Å². The lowest BCUT2D eigenvalue weighted by molar-refractivity contribution is -0.301. The van der Waals surface area contributed by atoms with Gasteiger partial charge in [-0.25, -0.2) is 0 Å². The molecule has 2 fully saturated rings. The molecule has 24 heteroatoms. The predicted molar refractivity (Wildman–Crippen MR) is 218 cm³/mol. The normalized spacial score (nSPS) is 26.2. The molecule has 4 rings (SSSR count). The van der Waals surface area contributed by atoms with Crippen LogP contribution in [0.25, 0.3) is 0 Å². The number of aliphatic hydroxyl groups excluding tert-OH is 4. The first-order valence-corrected chi connectivity index (χ1v) is 21.3. The molecule has 15 N–H and O–H groups in total. The molecular weight excluding hydrogens is 845 g/mol. The molecule has 2 aromatic rings. The van der Waals surface area contributed by atoms with Crippen LogP contribution in [0.2, 0.25) is 0 Å². The van der Waals surface area contributed by atoms with Gasteiger partial charge in [-0.1, -0.05) is 64.1 Å². The molecule has 2 aromatic carbocycles.